The molecule has 1 aliphatic carbocycles. The molecular weight excluding hydrogens is 218 g/mol. The van der Waals surface area contributed by atoms with Crippen molar-refractivity contribution < 1.29 is 14.6 Å². The summed E-state index contributed by atoms with van der Waals surface area (Å²) in [7, 11) is 0. The van der Waals surface area contributed by atoms with Crippen molar-refractivity contribution in [3.05, 3.63) is 0 Å². The van der Waals surface area contributed by atoms with Crippen LogP contribution in [-0.4, -0.2) is 35.9 Å². The highest BCUT2D eigenvalue weighted by atomic mass is 16.5. The van der Waals surface area contributed by atoms with Crippen LogP contribution < -0.4 is 5.32 Å². The van der Waals surface area contributed by atoms with Crippen molar-refractivity contribution in [2.75, 3.05) is 13.2 Å². The number of carboxylic acid groups (broad SMARTS) is 1. The Hall–Kier alpha value is -0.610. The lowest BCUT2D eigenvalue weighted by atomic mass is 9.89. The predicted molar refractivity (Wildman–Crippen MR) is 67.1 cm³/mol. The zero-order chi connectivity index (χ0) is 12.9. The molecule has 1 aliphatic rings. The molecule has 0 aromatic carbocycles. The van der Waals surface area contributed by atoms with Gasteiger partial charge >= 0.3 is 5.97 Å². The zero-order valence-electron chi connectivity index (χ0n) is 11.2. The highest BCUT2D eigenvalue weighted by Gasteiger charge is 2.33. The number of carboxylic acids is 1. The van der Waals surface area contributed by atoms with Gasteiger partial charge in [-0.1, -0.05) is 13.8 Å². The first-order valence-corrected chi connectivity index (χ1v) is 6.58. The molecule has 2 N–H and O–H groups in total. The molecule has 0 aliphatic heterocycles. The van der Waals surface area contributed by atoms with E-state index in [2.05, 4.69) is 12.2 Å². The number of aliphatic carboxylic acids is 1. The topological polar surface area (TPSA) is 58.6 Å². The van der Waals surface area contributed by atoms with E-state index in [0.29, 0.717) is 6.54 Å². The fourth-order valence-electron chi connectivity index (χ4n) is 2.26. The number of rotatable bonds is 6. The molecule has 0 aromatic heterocycles. The zero-order valence-corrected chi connectivity index (χ0v) is 11.2. The number of likely N-dealkylation sites (N-methyl/N-ethyl adjacent to an activating group) is 1. The van der Waals surface area contributed by atoms with Gasteiger partial charge in [0.25, 0.3) is 0 Å². The lowest BCUT2D eigenvalue weighted by Crippen LogP contribution is -2.53. The minimum absolute atomic E-state index is 0.239. The highest BCUT2D eigenvalue weighted by molar-refractivity contribution is 5.78. The number of hydrogen-bond acceptors (Lipinski definition) is 3. The van der Waals surface area contributed by atoms with Crippen LogP contribution in [0.4, 0.5) is 0 Å². The molecule has 100 valence electrons. The molecule has 1 fully saturated rings. The van der Waals surface area contributed by atoms with Crippen LogP contribution in [0.1, 0.15) is 46.5 Å². The van der Waals surface area contributed by atoms with Crippen LogP contribution >= 0.6 is 0 Å². The molecule has 0 bridgehead atoms. The number of ether oxygens (including phenoxy) is 1. The van der Waals surface area contributed by atoms with Crippen molar-refractivity contribution in [2.45, 2.75) is 58.1 Å². The molecule has 0 heterocycles. The third-order valence-electron chi connectivity index (χ3n) is 3.61. The lowest BCUT2D eigenvalue weighted by Gasteiger charge is -2.31. The summed E-state index contributed by atoms with van der Waals surface area (Å²) in [5, 5.41) is 12.2. The minimum Gasteiger partial charge on any atom is -0.480 e. The molecule has 4 heteroatoms. The van der Waals surface area contributed by atoms with Crippen LogP contribution in [-0.2, 0) is 9.53 Å². The van der Waals surface area contributed by atoms with Crippen LogP contribution in [0.2, 0.25) is 0 Å². The normalized spacial score (nSPS) is 28.6. The largest absolute Gasteiger partial charge is 0.480 e. The molecule has 1 atom stereocenters. The summed E-state index contributed by atoms with van der Waals surface area (Å²) in [5.74, 6) is -0.0574. The molecular formula is C13H25NO3. The quantitative estimate of drug-likeness (QED) is 0.749. The number of carbonyl (C=O) groups is 1. The van der Waals surface area contributed by atoms with E-state index < -0.39 is 11.5 Å². The van der Waals surface area contributed by atoms with Crippen LogP contribution in [0.25, 0.3) is 0 Å². The molecule has 17 heavy (non-hydrogen) atoms. The van der Waals surface area contributed by atoms with Crippen molar-refractivity contribution in [1.29, 1.82) is 0 Å². The minimum atomic E-state index is -0.961. The summed E-state index contributed by atoms with van der Waals surface area (Å²) in [6, 6.07) is 0. The first-order valence-electron chi connectivity index (χ1n) is 6.58. The van der Waals surface area contributed by atoms with Crippen LogP contribution in [0, 0.1) is 5.92 Å². The van der Waals surface area contributed by atoms with Crippen molar-refractivity contribution >= 4 is 5.97 Å². The van der Waals surface area contributed by atoms with Gasteiger partial charge in [0.1, 0.15) is 5.54 Å². The summed E-state index contributed by atoms with van der Waals surface area (Å²) in [5.41, 5.74) is -0.961. The van der Waals surface area contributed by atoms with Gasteiger partial charge in [-0.25, -0.2) is 0 Å². The van der Waals surface area contributed by atoms with Crippen molar-refractivity contribution in [2.24, 2.45) is 5.92 Å². The average molecular weight is 243 g/mol. The summed E-state index contributed by atoms with van der Waals surface area (Å²) < 4.78 is 5.77. The van der Waals surface area contributed by atoms with E-state index >= 15 is 0 Å². The Balaban J connectivity index is 2.39. The average Bonchev–Trinajstić information content (AvgIpc) is 2.28. The second kappa shape index (κ2) is 6.36. The first kappa shape index (κ1) is 14.5. The van der Waals surface area contributed by atoms with Crippen LogP contribution in [0.3, 0.4) is 0 Å². The molecule has 0 saturated heterocycles. The van der Waals surface area contributed by atoms with E-state index in [1.54, 1.807) is 6.92 Å². The maximum absolute atomic E-state index is 11.2. The van der Waals surface area contributed by atoms with E-state index in [1.165, 1.54) is 12.8 Å². The van der Waals surface area contributed by atoms with Gasteiger partial charge in [0.15, 0.2) is 0 Å². The Morgan fingerprint density at radius 2 is 2.00 bits per heavy atom. The van der Waals surface area contributed by atoms with Crippen LogP contribution in [0.15, 0.2) is 0 Å². The Bertz CT molecular complexity index is 249. The summed E-state index contributed by atoms with van der Waals surface area (Å²) in [6.07, 6.45) is 4.74. The fraction of sp³-hybridized carbons (Fsp3) is 0.923. The monoisotopic (exact) mass is 243 g/mol. The summed E-state index contributed by atoms with van der Waals surface area (Å²) >= 11 is 0. The Morgan fingerprint density at radius 1 is 1.41 bits per heavy atom. The van der Waals surface area contributed by atoms with Gasteiger partial charge in [-0.3, -0.25) is 4.79 Å². The molecule has 0 spiro atoms. The third-order valence-corrected chi connectivity index (χ3v) is 3.61. The van der Waals surface area contributed by atoms with Gasteiger partial charge in [0.2, 0.25) is 0 Å². The van der Waals surface area contributed by atoms with E-state index in [9.17, 15) is 9.90 Å². The van der Waals surface area contributed by atoms with Gasteiger partial charge in [-0.15, -0.1) is 0 Å². The van der Waals surface area contributed by atoms with E-state index in [0.717, 1.165) is 18.8 Å². The summed E-state index contributed by atoms with van der Waals surface area (Å²) in [6.45, 7) is 6.73. The van der Waals surface area contributed by atoms with E-state index in [1.807, 2.05) is 6.92 Å². The Kier molecular flexibility index (Phi) is 5.40. The predicted octanol–water partition coefficient (Wildman–Crippen LogP) is 2.03. The van der Waals surface area contributed by atoms with Crippen molar-refractivity contribution in [3.8, 4) is 0 Å². The molecule has 4 nitrogen and oxygen atoms in total. The molecule has 0 aromatic rings. The van der Waals surface area contributed by atoms with Gasteiger partial charge in [0.05, 0.1) is 12.7 Å². The molecule has 1 rings (SSSR count). The second-order valence-corrected chi connectivity index (χ2v) is 5.36. The van der Waals surface area contributed by atoms with Gasteiger partial charge < -0.3 is 15.2 Å². The van der Waals surface area contributed by atoms with Gasteiger partial charge in [-0.05, 0) is 45.1 Å². The van der Waals surface area contributed by atoms with Crippen molar-refractivity contribution in [1.82, 2.24) is 5.32 Å². The molecule has 0 radical (unpaired) electrons. The Morgan fingerprint density at radius 3 is 2.47 bits per heavy atom. The second-order valence-electron chi connectivity index (χ2n) is 5.36. The van der Waals surface area contributed by atoms with Gasteiger partial charge in [-0.2, -0.15) is 0 Å². The maximum Gasteiger partial charge on any atom is 0.326 e. The molecule has 0 amide bonds. The van der Waals surface area contributed by atoms with E-state index in [4.69, 9.17) is 4.74 Å². The standard InChI is InChI=1S/C13H25NO3/c1-4-14-13(3,12(15)16)9-17-11-7-5-10(2)6-8-11/h10-11,14H,4-9H2,1-3H3,(H,15,16). The summed E-state index contributed by atoms with van der Waals surface area (Å²) in [4.78, 5) is 11.2. The van der Waals surface area contributed by atoms with Crippen LogP contribution in [0.5, 0.6) is 0 Å². The molecule has 1 saturated carbocycles. The maximum atomic E-state index is 11.2. The SMILES string of the molecule is CCNC(C)(COC1CCC(C)CC1)C(=O)O. The lowest BCUT2D eigenvalue weighted by molar-refractivity contribution is -0.148. The first-order chi connectivity index (χ1) is 7.98. The molecule has 1 unspecified atom stereocenters. The van der Waals surface area contributed by atoms with Gasteiger partial charge in [0, 0.05) is 0 Å². The fourth-order valence-corrected chi connectivity index (χ4v) is 2.26. The highest BCUT2D eigenvalue weighted by Crippen LogP contribution is 2.26. The van der Waals surface area contributed by atoms with Crippen molar-refractivity contribution in [3.63, 3.8) is 0 Å². The Labute approximate surface area is 104 Å². The van der Waals surface area contributed by atoms with E-state index in [-0.39, 0.29) is 12.7 Å². The number of nitrogens with one attached hydrogen (secondary N) is 1. The number of hydrogen-bond donors (Lipinski definition) is 2. The smallest absolute Gasteiger partial charge is 0.326 e. The third kappa shape index (κ3) is 4.28.